The van der Waals surface area contributed by atoms with Gasteiger partial charge in [0.1, 0.15) is 22.9 Å². The molecule has 50 heavy (non-hydrogen) atoms. The first-order valence-electron chi connectivity index (χ1n) is 17.3. The second kappa shape index (κ2) is 12.6. The molecule has 0 bridgehead atoms. The van der Waals surface area contributed by atoms with Gasteiger partial charge < -0.3 is 33.6 Å². The first kappa shape index (κ1) is 33.2. The number of hydrogen-bond acceptors (Lipinski definition) is 7. The lowest BCUT2D eigenvalue weighted by atomic mass is 10.1. The number of hydrogen-bond donors (Lipinski definition) is 2. The number of ether oxygens (including phenoxy) is 3. The molecule has 1 saturated heterocycles. The molecule has 2 aliphatic heterocycles. The summed E-state index contributed by atoms with van der Waals surface area (Å²) >= 11 is 0. The summed E-state index contributed by atoms with van der Waals surface area (Å²) in [6.45, 7) is 14.8. The number of nitrogens with one attached hydrogen (secondary N) is 2. The van der Waals surface area contributed by atoms with Crippen molar-refractivity contribution in [1.29, 1.82) is 0 Å². The molecule has 5 heterocycles. The minimum atomic E-state index is -0.576. The maximum Gasteiger partial charge on any atom is 0.410 e. The van der Waals surface area contributed by atoms with E-state index in [2.05, 4.69) is 37.8 Å². The Labute approximate surface area is 291 Å². The molecule has 3 aromatic heterocycles. The summed E-state index contributed by atoms with van der Waals surface area (Å²) in [5, 5.41) is 1.02. The zero-order valence-electron chi connectivity index (χ0n) is 29.8. The Morgan fingerprint density at radius 2 is 1.72 bits per heavy atom. The number of rotatable bonds is 7. The molecule has 2 aliphatic rings. The highest BCUT2D eigenvalue weighted by atomic mass is 16.6. The lowest BCUT2D eigenvalue weighted by molar-refractivity contribution is 0.0212. The van der Waals surface area contributed by atoms with Crippen molar-refractivity contribution in [2.24, 2.45) is 0 Å². The molecule has 2 aromatic carbocycles. The van der Waals surface area contributed by atoms with Gasteiger partial charge in [-0.25, -0.2) is 19.6 Å². The number of likely N-dealkylation sites (tertiary alicyclic amines) is 1. The third-order valence-corrected chi connectivity index (χ3v) is 8.76. The Bertz CT molecular complexity index is 2060. The van der Waals surface area contributed by atoms with Gasteiger partial charge in [0.25, 0.3) is 0 Å². The van der Waals surface area contributed by atoms with Crippen LogP contribution in [0.2, 0.25) is 0 Å². The van der Waals surface area contributed by atoms with Crippen LogP contribution in [-0.4, -0.2) is 70.8 Å². The molecule has 7 rings (SSSR count). The molecule has 12 nitrogen and oxygen atoms in total. The molecule has 0 radical (unpaired) electrons. The van der Waals surface area contributed by atoms with Crippen molar-refractivity contribution in [2.45, 2.75) is 91.5 Å². The highest BCUT2D eigenvalue weighted by molar-refractivity contribution is 6.00. The standard InChI is InChI=1S/C38H45N7O5/c1-8-16-43(35(46)49-37(2,3)4)22-32-39-20-26(41-32)23-11-13-30-29(19-23)44-18-15-25-24(12-14-31(48-30)33(25)44)27-21-40-34(42-27)28-10-9-17-45(28)36(47)50-38(5,6)7/h11-15,18-21,28H,8-10,16-17,22H2,1-7H3,(H,39,41)(H,40,42). The highest BCUT2D eigenvalue weighted by Crippen LogP contribution is 2.45. The molecule has 1 fully saturated rings. The molecule has 1 atom stereocenters. The van der Waals surface area contributed by atoms with Crippen LogP contribution in [-0.2, 0) is 16.0 Å². The van der Waals surface area contributed by atoms with Crippen LogP contribution in [0.5, 0.6) is 11.5 Å². The fourth-order valence-corrected chi connectivity index (χ4v) is 6.66. The van der Waals surface area contributed by atoms with Crippen LogP contribution in [0.3, 0.4) is 0 Å². The number of imidazole rings is 2. The Hall–Kier alpha value is -5.26. The second-order valence-corrected chi connectivity index (χ2v) is 15.0. The Morgan fingerprint density at radius 1 is 0.960 bits per heavy atom. The van der Waals surface area contributed by atoms with Crippen molar-refractivity contribution in [3.8, 4) is 39.7 Å². The number of benzene rings is 2. The van der Waals surface area contributed by atoms with Crippen molar-refractivity contribution < 1.29 is 23.8 Å². The summed E-state index contributed by atoms with van der Waals surface area (Å²) in [6, 6.07) is 12.0. The van der Waals surface area contributed by atoms with E-state index in [0.717, 1.165) is 75.7 Å². The number of aromatic nitrogens is 5. The zero-order valence-corrected chi connectivity index (χ0v) is 29.8. The molecule has 2 N–H and O–H groups in total. The normalized spacial score (nSPS) is 15.6. The Morgan fingerprint density at radius 3 is 2.48 bits per heavy atom. The molecule has 2 amide bonds. The summed E-state index contributed by atoms with van der Waals surface area (Å²) in [6.07, 6.45) is 7.54. The van der Waals surface area contributed by atoms with Crippen molar-refractivity contribution in [3.63, 3.8) is 0 Å². The van der Waals surface area contributed by atoms with E-state index in [9.17, 15) is 9.59 Å². The van der Waals surface area contributed by atoms with Crippen molar-refractivity contribution >= 4 is 23.1 Å². The molecule has 0 aliphatic carbocycles. The number of amides is 2. The van der Waals surface area contributed by atoms with Gasteiger partial charge >= 0.3 is 12.2 Å². The summed E-state index contributed by atoms with van der Waals surface area (Å²) in [5.41, 5.74) is 4.36. The van der Waals surface area contributed by atoms with E-state index in [1.54, 1.807) is 16.0 Å². The van der Waals surface area contributed by atoms with E-state index in [4.69, 9.17) is 19.2 Å². The van der Waals surface area contributed by atoms with Crippen LogP contribution >= 0.6 is 0 Å². The number of aromatic amines is 2. The van der Waals surface area contributed by atoms with Gasteiger partial charge in [-0.3, -0.25) is 4.90 Å². The summed E-state index contributed by atoms with van der Waals surface area (Å²) < 4.78 is 19.9. The van der Waals surface area contributed by atoms with E-state index in [-0.39, 0.29) is 18.2 Å². The third kappa shape index (κ3) is 6.54. The van der Waals surface area contributed by atoms with Crippen molar-refractivity contribution in [3.05, 3.63) is 66.6 Å². The van der Waals surface area contributed by atoms with E-state index < -0.39 is 11.2 Å². The predicted molar refractivity (Wildman–Crippen MR) is 190 cm³/mol. The monoisotopic (exact) mass is 679 g/mol. The van der Waals surface area contributed by atoms with E-state index in [0.29, 0.717) is 25.5 Å². The number of fused-ring (bicyclic) bond motifs is 2. The molecule has 1 unspecified atom stereocenters. The van der Waals surface area contributed by atoms with Gasteiger partial charge in [-0.1, -0.05) is 6.92 Å². The zero-order chi connectivity index (χ0) is 35.4. The number of nitrogens with zero attached hydrogens (tertiary/aromatic N) is 5. The van der Waals surface area contributed by atoms with Gasteiger partial charge in [-0.05, 0) is 97.2 Å². The summed E-state index contributed by atoms with van der Waals surface area (Å²) in [4.78, 5) is 45.5. The van der Waals surface area contributed by atoms with Crippen LogP contribution in [0.1, 0.15) is 85.4 Å². The molecule has 0 saturated carbocycles. The SMILES string of the molecule is CCCN(Cc1ncc(-c2ccc3c(c2)-n2ccc4c(-c5cnc(C6CCCN6C(=O)OC(C)(C)C)[nH]5)ccc(c42)O3)[nH]1)C(=O)OC(C)(C)C. The van der Waals surface area contributed by atoms with Crippen LogP contribution in [0, 0.1) is 0 Å². The van der Waals surface area contributed by atoms with Gasteiger partial charge in [0.15, 0.2) is 11.5 Å². The largest absolute Gasteiger partial charge is 0.453 e. The highest BCUT2D eigenvalue weighted by Gasteiger charge is 2.35. The number of carbonyl (C=O) groups is 2. The van der Waals surface area contributed by atoms with E-state index in [1.165, 1.54) is 0 Å². The fourth-order valence-electron chi connectivity index (χ4n) is 6.66. The van der Waals surface area contributed by atoms with Crippen LogP contribution < -0.4 is 4.74 Å². The predicted octanol–water partition coefficient (Wildman–Crippen LogP) is 8.74. The van der Waals surface area contributed by atoms with Crippen molar-refractivity contribution in [1.82, 2.24) is 34.3 Å². The molecular formula is C38H45N7O5. The number of carbonyl (C=O) groups excluding carboxylic acids is 2. The van der Waals surface area contributed by atoms with Crippen LogP contribution in [0.15, 0.2) is 55.0 Å². The Balaban J connectivity index is 1.14. The minimum absolute atomic E-state index is 0.166. The smallest absolute Gasteiger partial charge is 0.410 e. The van der Waals surface area contributed by atoms with E-state index in [1.807, 2.05) is 78.9 Å². The summed E-state index contributed by atoms with van der Waals surface area (Å²) in [7, 11) is 0. The van der Waals surface area contributed by atoms with Gasteiger partial charge in [0.2, 0.25) is 0 Å². The van der Waals surface area contributed by atoms with Crippen LogP contribution in [0.25, 0.3) is 39.1 Å². The third-order valence-electron chi connectivity index (χ3n) is 8.76. The summed E-state index contributed by atoms with van der Waals surface area (Å²) in [5.74, 6) is 2.94. The first-order chi connectivity index (χ1) is 23.8. The minimum Gasteiger partial charge on any atom is -0.453 e. The van der Waals surface area contributed by atoms with E-state index >= 15 is 0 Å². The van der Waals surface area contributed by atoms with Gasteiger partial charge in [-0.15, -0.1) is 0 Å². The average molecular weight is 680 g/mol. The maximum atomic E-state index is 12.9. The fraction of sp³-hybridized carbons (Fsp3) is 0.421. The molecule has 12 heteroatoms. The maximum absolute atomic E-state index is 12.9. The van der Waals surface area contributed by atoms with Gasteiger partial charge in [0, 0.05) is 35.8 Å². The van der Waals surface area contributed by atoms with Gasteiger partial charge in [0.05, 0.1) is 47.6 Å². The topological polar surface area (TPSA) is 131 Å². The second-order valence-electron chi connectivity index (χ2n) is 15.0. The lowest BCUT2D eigenvalue weighted by Gasteiger charge is -2.27. The molecular weight excluding hydrogens is 634 g/mol. The molecule has 5 aromatic rings. The lowest BCUT2D eigenvalue weighted by Crippen LogP contribution is -2.37. The quantitative estimate of drug-likeness (QED) is 0.173. The van der Waals surface area contributed by atoms with Crippen LogP contribution in [0.4, 0.5) is 9.59 Å². The number of H-pyrrole nitrogens is 2. The molecule has 262 valence electrons. The van der Waals surface area contributed by atoms with Gasteiger partial charge in [-0.2, -0.15) is 0 Å². The van der Waals surface area contributed by atoms with Crippen molar-refractivity contribution in [2.75, 3.05) is 13.1 Å². The molecule has 0 spiro atoms. The Kier molecular flexibility index (Phi) is 8.36. The average Bonchev–Trinajstić information content (AvgIpc) is 3.86. The first-order valence-corrected chi connectivity index (χ1v) is 17.3.